The largest absolute Gasteiger partial charge is 0.491 e. The van der Waals surface area contributed by atoms with Crippen molar-refractivity contribution in [1.29, 1.82) is 0 Å². The van der Waals surface area contributed by atoms with Crippen molar-refractivity contribution in [3.63, 3.8) is 0 Å². The van der Waals surface area contributed by atoms with E-state index in [-0.39, 0.29) is 56.7 Å². The second kappa shape index (κ2) is 13.4. The zero-order chi connectivity index (χ0) is 30.5. The third kappa shape index (κ3) is 6.42. The van der Waals surface area contributed by atoms with Crippen LogP contribution in [0.3, 0.4) is 0 Å². The number of hydrogen-bond acceptors (Lipinski definition) is 9. The molecule has 0 unspecified atom stereocenters. The van der Waals surface area contributed by atoms with Crippen LogP contribution in [0.2, 0.25) is 0 Å². The summed E-state index contributed by atoms with van der Waals surface area (Å²) in [6.45, 7) is 10.9. The lowest BCUT2D eigenvalue weighted by Gasteiger charge is -2.34. The van der Waals surface area contributed by atoms with Crippen LogP contribution in [0, 0.1) is 5.82 Å². The molecule has 0 atom stereocenters. The summed E-state index contributed by atoms with van der Waals surface area (Å²) < 4.78 is 31.2. The van der Waals surface area contributed by atoms with Gasteiger partial charge in [-0.25, -0.2) is 19.1 Å². The van der Waals surface area contributed by atoms with Crippen molar-refractivity contribution in [2.45, 2.75) is 27.3 Å². The number of hydrogen-bond donors (Lipinski definition) is 1. The molecule has 3 aromatic rings. The number of imide groups is 1. The number of benzene rings is 1. The van der Waals surface area contributed by atoms with E-state index in [1.165, 1.54) is 17.0 Å². The molecule has 12 nitrogen and oxygen atoms in total. The van der Waals surface area contributed by atoms with Gasteiger partial charge in [0.25, 0.3) is 11.8 Å². The van der Waals surface area contributed by atoms with Crippen molar-refractivity contribution in [1.82, 2.24) is 25.0 Å². The van der Waals surface area contributed by atoms with Crippen molar-refractivity contribution >= 4 is 34.8 Å². The molecule has 0 bridgehead atoms. The van der Waals surface area contributed by atoms with E-state index >= 15 is 0 Å². The highest BCUT2D eigenvalue weighted by Gasteiger charge is 2.33. The van der Waals surface area contributed by atoms with Gasteiger partial charge in [-0.3, -0.25) is 9.59 Å². The van der Waals surface area contributed by atoms with Gasteiger partial charge in [0.15, 0.2) is 22.9 Å². The van der Waals surface area contributed by atoms with Crippen molar-refractivity contribution in [2.24, 2.45) is 0 Å². The van der Waals surface area contributed by atoms with Gasteiger partial charge in [-0.05, 0) is 44.2 Å². The number of rotatable bonds is 11. The van der Waals surface area contributed by atoms with Crippen LogP contribution in [0.1, 0.15) is 47.2 Å². The third-order valence-corrected chi connectivity index (χ3v) is 7.64. The number of fused-ring (bicyclic) bond motifs is 2. The molecule has 13 heteroatoms. The number of urea groups is 1. The number of carbonyl (C=O) groups is 3. The molecule has 0 radical (unpaired) electrons. The summed E-state index contributed by atoms with van der Waals surface area (Å²) in [4.78, 5) is 51.0. The summed E-state index contributed by atoms with van der Waals surface area (Å²) in [5.41, 5.74) is 1.48. The minimum Gasteiger partial charge on any atom is -0.491 e. The maximum atomic E-state index is 14.8. The molecule has 43 heavy (non-hydrogen) atoms. The average Bonchev–Trinajstić information content (AvgIpc) is 3.59. The molecule has 1 N–H and O–H groups in total. The Labute approximate surface area is 249 Å². The number of pyridine rings is 1. The molecule has 230 valence electrons. The van der Waals surface area contributed by atoms with E-state index in [0.717, 1.165) is 43.4 Å². The Bertz CT molecular complexity index is 1490. The number of aromatic nitrogens is 1. The molecule has 2 aliphatic heterocycles. The first-order chi connectivity index (χ1) is 20.8. The van der Waals surface area contributed by atoms with Crippen LogP contribution in [-0.2, 0) is 11.3 Å². The predicted octanol–water partition coefficient (Wildman–Crippen LogP) is 3.31. The number of carbonyl (C=O) groups excluding carboxylic acids is 3. The molecule has 2 aliphatic rings. The minimum atomic E-state index is -0.713. The SMILES string of the molecule is CCOCN(C(=O)NCCN1Cc2ccc(OCC)c(F)c2C1=O)C(=O)c1cc2nc(N3CCN(CC)CC3)ccc2o1. The van der Waals surface area contributed by atoms with Crippen molar-refractivity contribution in [2.75, 3.05) is 70.7 Å². The molecule has 0 saturated carbocycles. The number of nitrogens with one attached hydrogen (secondary N) is 1. The van der Waals surface area contributed by atoms with E-state index < -0.39 is 23.7 Å². The van der Waals surface area contributed by atoms with Crippen LogP contribution in [0.4, 0.5) is 15.0 Å². The first-order valence-electron chi connectivity index (χ1n) is 14.6. The quantitative estimate of drug-likeness (QED) is 0.333. The summed E-state index contributed by atoms with van der Waals surface area (Å²) in [5, 5.41) is 2.66. The van der Waals surface area contributed by atoms with Gasteiger partial charge in [-0.2, -0.15) is 0 Å². The molecule has 0 aliphatic carbocycles. The maximum Gasteiger partial charge on any atom is 0.326 e. The maximum absolute atomic E-state index is 14.8. The van der Waals surface area contributed by atoms with Gasteiger partial charge in [0, 0.05) is 58.5 Å². The van der Waals surface area contributed by atoms with Gasteiger partial charge in [0.2, 0.25) is 0 Å². The van der Waals surface area contributed by atoms with Crippen molar-refractivity contribution in [3.8, 4) is 5.75 Å². The van der Waals surface area contributed by atoms with Crippen LogP contribution in [0.25, 0.3) is 11.1 Å². The monoisotopic (exact) mass is 596 g/mol. The molecule has 4 heterocycles. The van der Waals surface area contributed by atoms with Crippen LogP contribution >= 0.6 is 0 Å². The van der Waals surface area contributed by atoms with Crippen molar-refractivity contribution in [3.05, 3.63) is 53.0 Å². The molecule has 1 saturated heterocycles. The zero-order valence-electron chi connectivity index (χ0n) is 24.7. The zero-order valence-corrected chi connectivity index (χ0v) is 24.7. The number of piperazine rings is 1. The van der Waals surface area contributed by atoms with Gasteiger partial charge in [-0.15, -0.1) is 0 Å². The first kappa shape index (κ1) is 30.2. The second-order valence-electron chi connectivity index (χ2n) is 10.2. The van der Waals surface area contributed by atoms with Crippen LogP contribution in [0.5, 0.6) is 5.75 Å². The Morgan fingerprint density at radius 2 is 1.88 bits per heavy atom. The Balaban J connectivity index is 1.22. The summed E-state index contributed by atoms with van der Waals surface area (Å²) in [7, 11) is 0. The second-order valence-corrected chi connectivity index (χ2v) is 10.2. The summed E-state index contributed by atoms with van der Waals surface area (Å²) >= 11 is 0. The van der Waals surface area contributed by atoms with Gasteiger partial charge < -0.3 is 33.9 Å². The van der Waals surface area contributed by atoms with Gasteiger partial charge in [-0.1, -0.05) is 13.0 Å². The highest BCUT2D eigenvalue weighted by Crippen LogP contribution is 2.31. The van der Waals surface area contributed by atoms with E-state index in [2.05, 4.69) is 22.0 Å². The molecule has 5 rings (SSSR count). The Hall–Kier alpha value is -4.23. The number of furan rings is 1. The summed E-state index contributed by atoms with van der Waals surface area (Å²) in [6.07, 6.45) is 0. The average molecular weight is 597 g/mol. The molecule has 0 spiro atoms. The summed E-state index contributed by atoms with van der Waals surface area (Å²) in [5.74, 6) is -1.06. The van der Waals surface area contributed by atoms with E-state index in [4.69, 9.17) is 18.9 Å². The normalized spacial score (nSPS) is 15.2. The van der Waals surface area contributed by atoms with Gasteiger partial charge >= 0.3 is 6.03 Å². The highest BCUT2D eigenvalue weighted by molar-refractivity contribution is 6.04. The number of amides is 4. The molecule has 1 fully saturated rings. The fraction of sp³-hybridized carbons (Fsp3) is 0.467. The van der Waals surface area contributed by atoms with E-state index in [0.29, 0.717) is 16.7 Å². The number of nitrogens with zero attached hydrogens (tertiary/aromatic N) is 5. The first-order valence-corrected chi connectivity index (χ1v) is 14.6. The topological polar surface area (TPSA) is 121 Å². The standard InChI is InChI=1S/C30H37FN6O6/c1-4-34-13-15-35(16-14-34)25-10-9-22-21(33-25)17-24(43-22)28(38)37(19-41-5-2)30(40)32-11-12-36-18-20-7-8-23(42-6-3)27(31)26(20)29(36)39/h7-10,17H,4-6,11-16,18-19H2,1-3H3,(H,32,40). The summed E-state index contributed by atoms with van der Waals surface area (Å²) in [6, 6.07) is 7.64. The van der Waals surface area contributed by atoms with Crippen LogP contribution in [0.15, 0.2) is 34.7 Å². The van der Waals surface area contributed by atoms with E-state index in [1.54, 1.807) is 26.0 Å². The molecule has 1 aromatic carbocycles. The third-order valence-electron chi connectivity index (χ3n) is 7.64. The molecule has 4 amide bonds. The molecular weight excluding hydrogens is 559 g/mol. The lowest BCUT2D eigenvalue weighted by Crippen LogP contribution is -2.47. The Morgan fingerprint density at radius 3 is 2.60 bits per heavy atom. The fourth-order valence-corrected chi connectivity index (χ4v) is 5.25. The molecule has 2 aromatic heterocycles. The van der Waals surface area contributed by atoms with E-state index in [1.807, 2.05) is 6.07 Å². The predicted molar refractivity (Wildman–Crippen MR) is 157 cm³/mol. The lowest BCUT2D eigenvalue weighted by molar-refractivity contribution is 0.0389. The molecular formula is C30H37FN6O6. The van der Waals surface area contributed by atoms with Crippen LogP contribution in [-0.4, -0.2) is 103 Å². The van der Waals surface area contributed by atoms with E-state index in [9.17, 15) is 18.8 Å². The van der Waals surface area contributed by atoms with Crippen LogP contribution < -0.4 is 15.0 Å². The smallest absolute Gasteiger partial charge is 0.326 e. The lowest BCUT2D eigenvalue weighted by atomic mass is 10.1. The Kier molecular flexibility index (Phi) is 9.41. The minimum absolute atomic E-state index is 0.0182. The number of ether oxygens (including phenoxy) is 2. The highest BCUT2D eigenvalue weighted by atomic mass is 19.1. The fourth-order valence-electron chi connectivity index (χ4n) is 5.25. The Morgan fingerprint density at radius 1 is 1.09 bits per heavy atom. The number of anilines is 1. The number of halogens is 1. The van der Waals surface area contributed by atoms with Crippen molar-refractivity contribution < 1.29 is 32.7 Å². The van der Waals surface area contributed by atoms with Gasteiger partial charge in [0.1, 0.15) is 18.1 Å². The van der Waals surface area contributed by atoms with Gasteiger partial charge in [0.05, 0.1) is 12.2 Å². The number of likely N-dealkylation sites (N-methyl/N-ethyl adjacent to an activating group) is 1.